The van der Waals surface area contributed by atoms with Gasteiger partial charge < -0.3 is 9.47 Å². The average molecular weight is 764 g/mol. The van der Waals surface area contributed by atoms with Crippen LogP contribution >= 0.6 is 95.6 Å². The maximum absolute atomic E-state index is 5.96. The Morgan fingerprint density at radius 3 is 1.07 bits per heavy atom. The van der Waals surface area contributed by atoms with Crippen LogP contribution in [-0.2, 0) is 13.2 Å². The van der Waals surface area contributed by atoms with Crippen LogP contribution in [0.3, 0.4) is 0 Å². The van der Waals surface area contributed by atoms with Crippen molar-refractivity contribution in [1.29, 1.82) is 0 Å². The molecule has 0 unspecified atom stereocenters. The second-order valence-corrected chi connectivity index (χ2v) is 11.0. The van der Waals surface area contributed by atoms with Crippen LogP contribution in [0.25, 0.3) is 0 Å². The van der Waals surface area contributed by atoms with Crippen molar-refractivity contribution in [1.82, 2.24) is 0 Å². The third-order valence-electron chi connectivity index (χ3n) is 3.72. The maximum atomic E-state index is 5.96. The quantitative estimate of drug-likeness (QED) is 0.249. The fourth-order valence-electron chi connectivity index (χ4n) is 2.38. The first kappa shape index (κ1) is 22.8. The molecular weight excluding hydrogens is 752 g/mol. The van der Waals surface area contributed by atoms with Crippen LogP contribution in [0.1, 0.15) is 11.1 Å². The van der Waals surface area contributed by atoms with E-state index in [0.29, 0.717) is 13.2 Å². The minimum atomic E-state index is 0.476. The van der Waals surface area contributed by atoms with E-state index in [1.165, 1.54) is 0 Å². The van der Waals surface area contributed by atoms with Gasteiger partial charge in [-0.25, -0.2) is 0 Å². The van der Waals surface area contributed by atoms with Crippen molar-refractivity contribution in [2.75, 3.05) is 0 Å². The molecule has 0 radical (unpaired) electrons. The molecule has 0 aliphatic heterocycles. The van der Waals surface area contributed by atoms with E-state index in [2.05, 4.69) is 95.6 Å². The lowest BCUT2D eigenvalue weighted by Gasteiger charge is -2.13. The van der Waals surface area contributed by atoms with Crippen LogP contribution in [0.15, 0.2) is 75.4 Å². The lowest BCUT2D eigenvalue weighted by Crippen LogP contribution is -1.99. The summed E-state index contributed by atoms with van der Waals surface area (Å²) in [6, 6.07) is 16.0. The number of hydrogen-bond acceptors (Lipinski definition) is 2. The summed E-state index contributed by atoms with van der Waals surface area (Å²) in [5.41, 5.74) is 2.16. The zero-order valence-corrected chi connectivity index (χ0v) is 23.6. The van der Waals surface area contributed by atoms with Gasteiger partial charge in [0.2, 0.25) is 0 Å². The number of halogens is 6. The van der Waals surface area contributed by atoms with Gasteiger partial charge in [-0.15, -0.1) is 0 Å². The Morgan fingerprint density at radius 1 is 0.500 bits per heavy atom. The standard InChI is InChI=1S/C20H12Br6O2/c21-13-5-15(23)19(16(24)6-13)27-9-11-1-2-12(4-3-11)10-28-20-17(25)7-14(22)8-18(20)26/h1-8H,9-10H2. The van der Waals surface area contributed by atoms with Crippen LogP contribution in [-0.4, -0.2) is 0 Å². The lowest BCUT2D eigenvalue weighted by atomic mass is 10.1. The largest absolute Gasteiger partial charge is 0.487 e. The molecule has 146 valence electrons. The van der Waals surface area contributed by atoms with E-state index in [4.69, 9.17) is 9.47 Å². The molecule has 2 nitrogen and oxygen atoms in total. The first-order valence-corrected chi connectivity index (χ1v) is 12.7. The van der Waals surface area contributed by atoms with E-state index in [1.807, 2.05) is 48.5 Å². The van der Waals surface area contributed by atoms with E-state index < -0.39 is 0 Å². The fourth-order valence-corrected chi connectivity index (χ4v) is 7.35. The van der Waals surface area contributed by atoms with Crippen LogP contribution in [0.5, 0.6) is 11.5 Å². The second-order valence-electron chi connectivity index (χ2n) is 5.79. The summed E-state index contributed by atoms with van der Waals surface area (Å²) < 4.78 is 17.4. The van der Waals surface area contributed by atoms with Crippen LogP contribution < -0.4 is 9.47 Å². The van der Waals surface area contributed by atoms with Crippen molar-refractivity contribution in [2.24, 2.45) is 0 Å². The van der Waals surface area contributed by atoms with Crippen molar-refractivity contribution < 1.29 is 9.47 Å². The molecule has 0 saturated heterocycles. The Balaban J connectivity index is 1.61. The molecule has 0 aliphatic rings. The molecular formula is C20H12Br6O2. The molecule has 8 heteroatoms. The number of rotatable bonds is 6. The molecule has 0 amide bonds. The molecule has 0 fully saturated rings. The van der Waals surface area contributed by atoms with Gasteiger partial charge in [-0.1, -0.05) is 56.1 Å². The third-order valence-corrected chi connectivity index (χ3v) is 6.99. The molecule has 0 bridgehead atoms. The fraction of sp³-hybridized carbons (Fsp3) is 0.100. The summed E-state index contributed by atoms with van der Waals surface area (Å²) in [4.78, 5) is 0. The molecule has 0 atom stereocenters. The third kappa shape index (κ3) is 6.08. The minimum absolute atomic E-state index is 0.476. The van der Waals surface area contributed by atoms with Crippen molar-refractivity contribution in [2.45, 2.75) is 13.2 Å². The first-order valence-electron chi connectivity index (χ1n) is 7.96. The van der Waals surface area contributed by atoms with E-state index in [9.17, 15) is 0 Å². The lowest BCUT2D eigenvalue weighted by molar-refractivity contribution is 0.298. The second kappa shape index (κ2) is 10.4. The van der Waals surface area contributed by atoms with Crippen molar-refractivity contribution in [3.05, 3.63) is 86.5 Å². The number of ether oxygens (including phenoxy) is 2. The summed E-state index contributed by atoms with van der Waals surface area (Å²) in [6.07, 6.45) is 0. The van der Waals surface area contributed by atoms with Crippen LogP contribution in [0.4, 0.5) is 0 Å². The predicted octanol–water partition coefficient (Wildman–Crippen LogP) is 9.42. The van der Waals surface area contributed by atoms with Crippen molar-refractivity contribution in [3.8, 4) is 11.5 Å². The highest BCUT2D eigenvalue weighted by Crippen LogP contribution is 2.38. The molecule has 3 rings (SSSR count). The molecule has 0 aromatic heterocycles. The Labute approximate surface area is 214 Å². The van der Waals surface area contributed by atoms with E-state index in [0.717, 1.165) is 49.5 Å². The van der Waals surface area contributed by atoms with E-state index >= 15 is 0 Å². The molecule has 0 saturated carbocycles. The maximum Gasteiger partial charge on any atom is 0.148 e. The Hall–Kier alpha value is 0.140. The molecule has 28 heavy (non-hydrogen) atoms. The molecule has 3 aromatic rings. The minimum Gasteiger partial charge on any atom is -0.487 e. The van der Waals surface area contributed by atoms with E-state index in [-0.39, 0.29) is 0 Å². The molecule has 3 aromatic carbocycles. The highest BCUT2D eigenvalue weighted by Gasteiger charge is 2.10. The van der Waals surface area contributed by atoms with Crippen LogP contribution in [0, 0.1) is 0 Å². The zero-order chi connectivity index (χ0) is 20.3. The number of hydrogen-bond donors (Lipinski definition) is 0. The van der Waals surface area contributed by atoms with E-state index in [1.54, 1.807) is 0 Å². The topological polar surface area (TPSA) is 18.5 Å². The van der Waals surface area contributed by atoms with Gasteiger partial charge in [0, 0.05) is 8.95 Å². The van der Waals surface area contributed by atoms with Gasteiger partial charge >= 0.3 is 0 Å². The van der Waals surface area contributed by atoms with Crippen molar-refractivity contribution in [3.63, 3.8) is 0 Å². The Kier molecular flexibility index (Phi) is 8.51. The Bertz CT molecular complexity index is 862. The summed E-state index contributed by atoms with van der Waals surface area (Å²) in [5.74, 6) is 1.56. The SMILES string of the molecule is Brc1cc(Br)c(OCc2ccc(COc3c(Br)cc(Br)cc3Br)cc2)c(Br)c1. The van der Waals surface area contributed by atoms with Crippen molar-refractivity contribution >= 4 is 95.6 Å². The monoisotopic (exact) mass is 758 g/mol. The molecule has 0 N–H and O–H groups in total. The Morgan fingerprint density at radius 2 is 0.786 bits per heavy atom. The summed E-state index contributed by atoms with van der Waals surface area (Å²) in [7, 11) is 0. The van der Waals surface area contributed by atoms with Gasteiger partial charge in [0.05, 0.1) is 17.9 Å². The van der Waals surface area contributed by atoms with Gasteiger partial charge in [-0.3, -0.25) is 0 Å². The molecule has 0 aliphatic carbocycles. The zero-order valence-electron chi connectivity index (χ0n) is 14.1. The highest BCUT2D eigenvalue weighted by molar-refractivity contribution is 9.12. The normalized spacial score (nSPS) is 10.8. The summed E-state index contributed by atoms with van der Waals surface area (Å²) in [6.45, 7) is 0.952. The van der Waals surface area contributed by atoms with Gasteiger partial charge in [0.15, 0.2) is 0 Å². The van der Waals surface area contributed by atoms with Gasteiger partial charge in [0.25, 0.3) is 0 Å². The summed E-state index contributed by atoms with van der Waals surface area (Å²) in [5, 5.41) is 0. The highest BCUT2D eigenvalue weighted by atomic mass is 79.9. The molecule has 0 heterocycles. The predicted molar refractivity (Wildman–Crippen MR) is 134 cm³/mol. The smallest absolute Gasteiger partial charge is 0.148 e. The average Bonchev–Trinajstić information content (AvgIpc) is 2.61. The van der Waals surface area contributed by atoms with Gasteiger partial charge in [-0.2, -0.15) is 0 Å². The van der Waals surface area contributed by atoms with Gasteiger partial charge in [-0.05, 0) is 99.1 Å². The first-order chi connectivity index (χ1) is 13.3. The summed E-state index contributed by atoms with van der Waals surface area (Å²) >= 11 is 21.0. The van der Waals surface area contributed by atoms with Gasteiger partial charge in [0.1, 0.15) is 24.7 Å². The molecule has 0 spiro atoms. The van der Waals surface area contributed by atoms with Crippen LogP contribution in [0.2, 0.25) is 0 Å². The number of benzene rings is 3.